The molecule has 0 spiro atoms. The van der Waals surface area contributed by atoms with Crippen LogP contribution in [0.5, 0.6) is 0 Å². The van der Waals surface area contributed by atoms with Crippen LogP contribution < -0.4 is 5.32 Å². The molecule has 1 N–H and O–H groups in total. The molecule has 2 aliphatic rings. The predicted molar refractivity (Wildman–Crippen MR) is 103 cm³/mol. The first-order valence-corrected chi connectivity index (χ1v) is 7.92. The van der Waals surface area contributed by atoms with Crippen LogP contribution in [0.25, 0.3) is 0 Å². The number of aromatic nitrogens is 1. The molecule has 138 valence electrons. The Labute approximate surface area is 162 Å². The number of rotatable bonds is 4. The van der Waals surface area contributed by atoms with Crippen LogP contribution in [0.2, 0.25) is 0 Å². The number of piperazine rings is 1. The molecule has 1 aromatic heterocycles. The maximum Gasteiger partial charge on any atom is 0.222 e. The summed E-state index contributed by atoms with van der Waals surface area (Å²) < 4.78 is 0. The molecule has 0 aromatic carbocycles. The lowest BCUT2D eigenvalue weighted by Gasteiger charge is -2.35. The van der Waals surface area contributed by atoms with Crippen molar-refractivity contribution in [3.8, 4) is 0 Å². The lowest BCUT2D eigenvalue weighted by Crippen LogP contribution is -2.48. The van der Waals surface area contributed by atoms with Crippen molar-refractivity contribution in [2.75, 3.05) is 39.3 Å². The standard InChI is InChI=1S/C16H24N4O.3ClH/c21-16(11-14-4-6-17-12-14)20-9-7-19(8-10-20)13-15-3-1-2-5-18-15;;;/h1-3,5,14,17H,4,6-13H2;3*1H. The number of carbonyl (C=O) groups excluding carboxylic acids is 1. The van der Waals surface area contributed by atoms with Gasteiger partial charge in [0.15, 0.2) is 0 Å². The second-order valence-electron chi connectivity index (χ2n) is 6.04. The topological polar surface area (TPSA) is 48.5 Å². The Hall–Kier alpha value is -0.590. The first-order valence-electron chi connectivity index (χ1n) is 7.92. The summed E-state index contributed by atoms with van der Waals surface area (Å²) in [6.45, 7) is 6.56. The fourth-order valence-electron chi connectivity index (χ4n) is 3.14. The Morgan fingerprint density at radius 1 is 1.17 bits per heavy atom. The van der Waals surface area contributed by atoms with Crippen molar-refractivity contribution in [3.63, 3.8) is 0 Å². The Balaban J connectivity index is 0.00000176. The highest BCUT2D eigenvalue weighted by molar-refractivity contribution is 5.86. The van der Waals surface area contributed by atoms with Crippen molar-refractivity contribution in [3.05, 3.63) is 30.1 Å². The Morgan fingerprint density at radius 2 is 1.92 bits per heavy atom. The minimum atomic E-state index is 0. The Bertz CT molecular complexity index is 464. The van der Waals surface area contributed by atoms with Crippen LogP contribution in [0.4, 0.5) is 0 Å². The molecular weight excluding hydrogens is 371 g/mol. The Kier molecular flexibility index (Phi) is 11.6. The molecule has 0 aliphatic carbocycles. The monoisotopic (exact) mass is 396 g/mol. The molecular formula is C16H27Cl3N4O. The maximum atomic E-state index is 12.3. The molecule has 5 nitrogen and oxygen atoms in total. The van der Waals surface area contributed by atoms with Crippen LogP contribution in [-0.2, 0) is 11.3 Å². The third kappa shape index (κ3) is 6.73. The van der Waals surface area contributed by atoms with Crippen LogP contribution >= 0.6 is 37.2 Å². The number of carbonyl (C=O) groups is 1. The summed E-state index contributed by atoms with van der Waals surface area (Å²) in [5.41, 5.74) is 1.11. The van der Waals surface area contributed by atoms with Gasteiger partial charge in [-0.15, -0.1) is 37.2 Å². The maximum absolute atomic E-state index is 12.3. The van der Waals surface area contributed by atoms with E-state index in [0.717, 1.165) is 57.9 Å². The third-order valence-corrected chi connectivity index (χ3v) is 4.46. The quantitative estimate of drug-likeness (QED) is 0.844. The van der Waals surface area contributed by atoms with Crippen molar-refractivity contribution in [1.29, 1.82) is 0 Å². The van der Waals surface area contributed by atoms with Gasteiger partial charge in [-0.2, -0.15) is 0 Å². The van der Waals surface area contributed by atoms with E-state index in [2.05, 4.69) is 21.3 Å². The van der Waals surface area contributed by atoms with Crippen LogP contribution in [0, 0.1) is 5.92 Å². The number of amides is 1. The van der Waals surface area contributed by atoms with Crippen molar-refractivity contribution in [2.45, 2.75) is 19.4 Å². The molecule has 2 fully saturated rings. The van der Waals surface area contributed by atoms with Gasteiger partial charge >= 0.3 is 0 Å². The highest BCUT2D eigenvalue weighted by atomic mass is 35.5. The molecule has 24 heavy (non-hydrogen) atoms. The number of nitrogens with one attached hydrogen (secondary N) is 1. The smallest absolute Gasteiger partial charge is 0.222 e. The second kappa shape index (κ2) is 11.9. The average Bonchev–Trinajstić information content (AvgIpc) is 3.02. The molecule has 8 heteroatoms. The fraction of sp³-hybridized carbons (Fsp3) is 0.625. The van der Waals surface area contributed by atoms with Gasteiger partial charge in [0.25, 0.3) is 0 Å². The van der Waals surface area contributed by atoms with Gasteiger partial charge in [0, 0.05) is 45.3 Å². The summed E-state index contributed by atoms with van der Waals surface area (Å²) in [5, 5.41) is 3.33. The van der Waals surface area contributed by atoms with Crippen LogP contribution in [-0.4, -0.2) is 60.0 Å². The fourth-order valence-corrected chi connectivity index (χ4v) is 3.14. The lowest BCUT2D eigenvalue weighted by atomic mass is 10.0. The van der Waals surface area contributed by atoms with E-state index in [9.17, 15) is 4.79 Å². The first kappa shape index (κ1) is 23.4. The number of hydrogen-bond donors (Lipinski definition) is 1. The summed E-state index contributed by atoms with van der Waals surface area (Å²) >= 11 is 0. The highest BCUT2D eigenvalue weighted by Crippen LogP contribution is 2.15. The number of hydrogen-bond acceptors (Lipinski definition) is 4. The van der Waals surface area contributed by atoms with Gasteiger partial charge in [0.2, 0.25) is 5.91 Å². The molecule has 0 bridgehead atoms. The average molecular weight is 398 g/mol. The molecule has 3 heterocycles. The number of pyridine rings is 1. The van der Waals surface area contributed by atoms with Crippen molar-refractivity contribution < 1.29 is 4.79 Å². The molecule has 0 radical (unpaired) electrons. The summed E-state index contributed by atoms with van der Waals surface area (Å²) in [6, 6.07) is 6.03. The van der Waals surface area contributed by atoms with Gasteiger partial charge in [-0.3, -0.25) is 14.7 Å². The van der Waals surface area contributed by atoms with Gasteiger partial charge < -0.3 is 10.2 Å². The van der Waals surface area contributed by atoms with E-state index in [0.29, 0.717) is 18.2 Å². The van der Waals surface area contributed by atoms with E-state index < -0.39 is 0 Å². The molecule has 2 aliphatic heterocycles. The van der Waals surface area contributed by atoms with Crippen LogP contribution in [0.1, 0.15) is 18.5 Å². The summed E-state index contributed by atoms with van der Waals surface area (Å²) in [7, 11) is 0. The van der Waals surface area contributed by atoms with E-state index >= 15 is 0 Å². The van der Waals surface area contributed by atoms with Gasteiger partial charge in [0.1, 0.15) is 0 Å². The van der Waals surface area contributed by atoms with E-state index in [1.165, 1.54) is 0 Å². The molecule has 3 rings (SSSR count). The van der Waals surface area contributed by atoms with Gasteiger partial charge in [-0.25, -0.2) is 0 Å². The van der Waals surface area contributed by atoms with Crippen molar-refractivity contribution in [1.82, 2.24) is 20.1 Å². The summed E-state index contributed by atoms with van der Waals surface area (Å²) in [4.78, 5) is 21.1. The Morgan fingerprint density at radius 3 is 2.50 bits per heavy atom. The van der Waals surface area contributed by atoms with Crippen molar-refractivity contribution in [2.24, 2.45) is 5.92 Å². The van der Waals surface area contributed by atoms with Crippen LogP contribution in [0.3, 0.4) is 0 Å². The summed E-state index contributed by atoms with van der Waals surface area (Å²) in [6.07, 6.45) is 3.70. The second-order valence-corrected chi connectivity index (χ2v) is 6.04. The molecule has 1 unspecified atom stereocenters. The normalized spacial score (nSPS) is 20.5. The van der Waals surface area contributed by atoms with E-state index in [1.54, 1.807) is 0 Å². The zero-order valence-corrected chi connectivity index (χ0v) is 16.2. The third-order valence-electron chi connectivity index (χ3n) is 4.46. The van der Waals surface area contributed by atoms with E-state index in [-0.39, 0.29) is 37.2 Å². The minimum Gasteiger partial charge on any atom is -0.340 e. The predicted octanol–water partition coefficient (Wildman–Crippen LogP) is 1.99. The van der Waals surface area contributed by atoms with E-state index in [1.807, 2.05) is 23.2 Å². The van der Waals surface area contributed by atoms with E-state index in [4.69, 9.17) is 0 Å². The van der Waals surface area contributed by atoms with Gasteiger partial charge in [0.05, 0.1) is 5.69 Å². The summed E-state index contributed by atoms with van der Waals surface area (Å²) in [5.74, 6) is 0.880. The SMILES string of the molecule is Cl.Cl.Cl.O=C(CC1CCNC1)N1CCN(Cc2ccccn2)CC1. The molecule has 2 saturated heterocycles. The number of halogens is 3. The van der Waals surface area contributed by atoms with Crippen LogP contribution in [0.15, 0.2) is 24.4 Å². The first-order chi connectivity index (χ1) is 10.3. The molecule has 1 aromatic rings. The van der Waals surface area contributed by atoms with Gasteiger partial charge in [-0.1, -0.05) is 6.07 Å². The largest absolute Gasteiger partial charge is 0.340 e. The molecule has 1 amide bonds. The zero-order chi connectivity index (χ0) is 14.5. The number of nitrogens with zero attached hydrogens (tertiary/aromatic N) is 3. The lowest BCUT2D eigenvalue weighted by molar-refractivity contribution is -0.133. The van der Waals surface area contributed by atoms with Gasteiger partial charge in [-0.05, 0) is 37.6 Å². The molecule has 1 atom stereocenters. The highest BCUT2D eigenvalue weighted by Gasteiger charge is 2.25. The van der Waals surface area contributed by atoms with Crippen molar-refractivity contribution >= 4 is 43.1 Å². The minimum absolute atomic E-state index is 0. The zero-order valence-electron chi connectivity index (χ0n) is 13.7. The molecule has 0 saturated carbocycles.